The third-order valence-electron chi connectivity index (χ3n) is 4.76. The van der Waals surface area contributed by atoms with E-state index in [-0.39, 0.29) is 5.75 Å². The van der Waals surface area contributed by atoms with E-state index in [0.29, 0.717) is 24.8 Å². The summed E-state index contributed by atoms with van der Waals surface area (Å²) in [6.45, 7) is 4.89. The number of aliphatic carboxylic acids is 2. The molecule has 0 bridgehead atoms. The molecule has 174 valence electrons. The van der Waals surface area contributed by atoms with Crippen LogP contribution >= 0.6 is 11.6 Å². The molecule has 1 atom stereocenters. The zero-order valence-electron chi connectivity index (χ0n) is 17.4. The average molecular weight is 467 g/mol. The van der Waals surface area contributed by atoms with Crippen molar-refractivity contribution in [2.24, 2.45) is 0 Å². The second-order valence-electron chi connectivity index (χ2n) is 7.17. The molecule has 0 amide bonds. The minimum Gasteiger partial charge on any atom is -0.508 e. The normalized spacial score (nSPS) is 14.9. The van der Waals surface area contributed by atoms with Gasteiger partial charge in [0.25, 0.3) is 0 Å². The fourth-order valence-electron chi connectivity index (χ4n) is 3.12. The van der Waals surface area contributed by atoms with Gasteiger partial charge in [-0.05, 0) is 35.9 Å². The number of anilines is 1. The SMILES string of the molecule is O=C(O)C(=O)O.Oc1ccc(N2CCN(CC(O)COCc3ccccc3Cl)CC2)cc1. The molecule has 1 aliphatic rings. The number of carboxylic acids is 2. The summed E-state index contributed by atoms with van der Waals surface area (Å²) < 4.78 is 5.61. The number of rotatable bonds is 7. The number of nitrogens with zero attached hydrogens (tertiary/aromatic N) is 2. The molecule has 9 nitrogen and oxygen atoms in total. The maximum absolute atomic E-state index is 10.2. The second-order valence-corrected chi connectivity index (χ2v) is 7.58. The van der Waals surface area contributed by atoms with Crippen molar-refractivity contribution in [3.8, 4) is 5.75 Å². The number of carboxylic acid groups (broad SMARTS) is 2. The van der Waals surface area contributed by atoms with Crippen LogP contribution in [-0.2, 0) is 20.9 Å². The highest BCUT2D eigenvalue weighted by atomic mass is 35.5. The molecule has 0 saturated carbocycles. The van der Waals surface area contributed by atoms with Gasteiger partial charge in [0, 0.05) is 43.4 Å². The first-order chi connectivity index (χ1) is 15.3. The van der Waals surface area contributed by atoms with Crippen molar-refractivity contribution in [3.63, 3.8) is 0 Å². The van der Waals surface area contributed by atoms with Gasteiger partial charge in [0.1, 0.15) is 5.75 Å². The summed E-state index contributed by atoms with van der Waals surface area (Å²) in [5, 5.41) is 35.1. The quantitative estimate of drug-likeness (QED) is 0.452. The molecule has 1 unspecified atom stereocenters. The summed E-state index contributed by atoms with van der Waals surface area (Å²) in [5.74, 6) is -3.36. The van der Waals surface area contributed by atoms with Crippen molar-refractivity contribution in [1.82, 2.24) is 4.90 Å². The van der Waals surface area contributed by atoms with Crippen molar-refractivity contribution >= 4 is 29.2 Å². The first kappa shape index (κ1) is 25.4. The Hall–Kier alpha value is -2.85. The molecular weight excluding hydrogens is 440 g/mol. The molecule has 2 aromatic rings. The van der Waals surface area contributed by atoms with Crippen molar-refractivity contribution in [3.05, 3.63) is 59.1 Å². The van der Waals surface area contributed by atoms with Crippen LogP contribution in [0.4, 0.5) is 5.69 Å². The average Bonchev–Trinajstić information content (AvgIpc) is 2.76. The molecule has 0 radical (unpaired) electrons. The fraction of sp³-hybridized carbons (Fsp3) is 0.364. The van der Waals surface area contributed by atoms with Crippen LogP contribution in [0, 0.1) is 0 Å². The number of hydrogen-bond acceptors (Lipinski definition) is 7. The lowest BCUT2D eigenvalue weighted by atomic mass is 10.2. The molecule has 1 aliphatic heterocycles. The molecule has 32 heavy (non-hydrogen) atoms. The number of phenols is 1. The number of phenolic OH excluding ortho intramolecular Hbond substituents is 1. The van der Waals surface area contributed by atoms with Crippen LogP contribution in [0.25, 0.3) is 0 Å². The molecule has 0 spiro atoms. The summed E-state index contributed by atoms with van der Waals surface area (Å²) in [5.41, 5.74) is 2.05. The van der Waals surface area contributed by atoms with Crippen LogP contribution < -0.4 is 4.90 Å². The van der Waals surface area contributed by atoms with E-state index in [9.17, 15) is 10.2 Å². The van der Waals surface area contributed by atoms with E-state index >= 15 is 0 Å². The molecule has 1 fully saturated rings. The number of aliphatic hydroxyl groups excluding tert-OH is 1. The van der Waals surface area contributed by atoms with Gasteiger partial charge >= 0.3 is 11.9 Å². The highest BCUT2D eigenvalue weighted by Gasteiger charge is 2.19. The van der Waals surface area contributed by atoms with Crippen molar-refractivity contribution in [2.45, 2.75) is 12.7 Å². The Morgan fingerprint density at radius 1 is 0.969 bits per heavy atom. The van der Waals surface area contributed by atoms with E-state index in [4.69, 9.17) is 36.1 Å². The summed E-state index contributed by atoms with van der Waals surface area (Å²) in [6.07, 6.45) is -0.516. The van der Waals surface area contributed by atoms with Gasteiger partial charge in [-0.3, -0.25) is 4.90 Å². The molecule has 0 aliphatic carbocycles. The highest BCUT2D eigenvalue weighted by Crippen LogP contribution is 2.20. The number of ether oxygens (including phenoxy) is 1. The first-order valence-corrected chi connectivity index (χ1v) is 10.4. The van der Waals surface area contributed by atoms with Gasteiger partial charge in [-0.15, -0.1) is 0 Å². The number of halogens is 1. The number of β-amino-alcohol motifs (C(OH)–C–C–N with tert-alkyl or cyclic N) is 1. The lowest BCUT2D eigenvalue weighted by Gasteiger charge is -2.36. The van der Waals surface area contributed by atoms with Crippen LogP contribution in [0.1, 0.15) is 5.56 Å². The number of piperazine rings is 1. The largest absolute Gasteiger partial charge is 0.508 e. The lowest BCUT2D eigenvalue weighted by molar-refractivity contribution is -0.159. The van der Waals surface area contributed by atoms with Crippen LogP contribution in [-0.4, -0.2) is 82.7 Å². The summed E-state index contributed by atoms with van der Waals surface area (Å²) in [4.78, 5) is 22.7. The van der Waals surface area contributed by atoms with Gasteiger partial charge in [0.2, 0.25) is 0 Å². The van der Waals surface area contributed by atoms with Gasteiger partial charge in [0.05, 0.1) is 19.3 Å². The van der Waals surface area contributed by atoms with Gasteiger partial charge in [-0.1, -0.05) is 29.8 Å². The number of carbonyl (C=O) groups is 2. The minimum absolute atomic E-state index is 0.285. The number of aromatic hydroxyl groups is 1. The third kappa shape index (κ3) is 8.72. The molecule has 2 aromatic carbocycles. The Kier molecular flexibility index (Phi) is 10.2. The second kappa shape index (κ2) is 12.9. The maximum Gasteiger partial charge on any atom is 0.414 e. The lowest BCUT2D eigenvalue weighted by Crippen LogP contribution is -2.49. The van der Waals surface area contributed by atoms with E-state index in [1.165, 1.54) is 0 Å². The minimum atomic E-state index is -1.82. The van der Waals surface area contributed by atoms with Crippen LogP contribution in [0.15, 0.2) is 48.5 Å². The van der Waals surface area contributed by atoms with E-state index in [1.807, 2.05) is 36.4 Å². The maximum atomic E-state index is 10.2. The summed E-state index contributed by atoms with van der Waals surface area (Å²) >= 11 is 6.10. The topological polar surface area (TPSA) is 131 Å². The molecule has 0 aromatic heterocycles. The van der Waals surface area contributed by atoms with Gasteiger partial charge < -0.3 is 30.1 Å². The van der Waals surface area contributed by atoms with E-state index < -0.39 is 18.0 Å². The molecule has 1 heterocycles. The van der Waals surface area contributed by atoms with Gasteiger partial charge in [-0.25, -0.2) is 9.59 Å². The van der Waals surface area contributed by atoms with E-state index in [0.717, 1.165) is 37.4 Å². The highest BCUT2D eigenvalue weighted by molar-refractivity contribution is 6.31. The standard InChI is InChI=1S/C20H25ClN2O3.C2H2O4/c21-20-4-2-1-3-16(20)14-26-15-19(25)13-22-9-11-23(12-10-22)17-5-7-18(24)8-6-17;3-1(4)2(5)6/h1-8,19,24-25H,9-15H2;(H,3,4)(H,5,6). The van der Waals surface area contributed by atoms with Crippen molar-refractivity contribution in [1.29, 1.82) is 0 Å². The van der Waals surface area contributed by atoms with Crippen molar-refractivity contribution < 1.29 is 34.8 Å². The molecule has 4 N–H and O–H groups in total. The summed E-state index contributed by atoms with van der Waals surface area (Å²) in [7, 11) is 0. The fourth-order valence-corrected chi connectivity index (χ4v) is 3.31. The van der Waals surface area contributed by atoms with E-state index in [1.54, 1.807) is 12.1 Å². The Morgan fingerprint density at radius 3 is 2.12 bits per heavy atom. The Morgan fingerprint density at radius 2 is 1.56 bits per heavy atom. The molecule has 10 heteroatoms. The third-order valence-corrected chi connectivity index (χ3v) is 5.13. The number of hydrogen-bond donors (Lipinski definition) is 4. The van der Waals surface area contributed by atoms with E-state index in [2.05, 4.69) is 9.80 Å². The van der Waals surface area contributed by atoms with Crippen molar-refractivity contribution in [2.75, 3.05) is 44.2 Å². The van der Waals surface area contributed by atoms with Crippen LogP contribution in [0.5, 0.6) is 5.75 Å². The molecule has 1 saturated heterocycles. The predicted octanol–water partition coefficient (Wildman–Crippen LogP) is 1.90. The Labute approximate surface area is 191 Å². The molecule has 3 rings (SSSR count). The number of benzene rings is 2. The zero-order valence-corrected chi connectivity index (χ0v) is 18.2. The first-order valence-electron chi connectivity index (χ1n) is 9.98. The smallest absolute Gasteiger partial charge is 0.414 e. The monoisotopic (exact) mass is 466 g/mol. The number of aliphatic hydroxyl groups is 1. The summed E-state index contributed by atoms with van der Waals surface area (Å²) in [6, 6.07) is 14.9. The van der Waals surface area contributed by atoms with Crippen LogP contribution in [0.2, 0.25) is 5.02 Å². The Bertz CT molecular complexity index is 859. The van der Waals surface area contributed by atoms with Gasteiger partial charge in [-0.2, -0.15) is 0 Å². The molecular formula is C22H27ClN2O7. The Balaban J connectivity index is 0.000000534. The predicted molar refractivity (Wildman–Crippen MR) is 119 cm³/mol. The van der Waals surface area contributed by atoms with Gasteiger partial charge in [0.15, 0.2) is 0 Å². The van der Waals surface area contributed by atoms with Crippen LogP contribution in [0.3, 0.4) is 0 Å². The zero-order chi connectivity index (χ0) is 23.5.